The van der Waals surface area contributed by atoms with Crippen LogP contribution in [0.15, 0.2) is 69.1 Å². The Bertz CT molecular complexity index is 1440. The van der Waals surface area contributed by atoms with Crippen LogP contribution in [-0.2, 0) is 0 Å². The van der Waals surface area contributed by atoms with Crippen molar-refractivity contribution >= 4 is 23.1 Å². The van der Waals surface area contributed by atoms with E-state index in [1.54, 1.807) is 48.5 Å². The summed E-state index contributed by atoms with van der Waals surface area (Å²) in [7, 11) is 1.53. The molecule has 0 amide bonds. The number of oxazole rings is 1. The lowest BCUT2D eigenvalue weighted by Gasteiger charge is -2.26. The molecule has 1 atom stereocenters. The predicted molar refractivity (Wildman–Crippen MR) is 121 cm³/mol. The number of methoxy groups -OCH3 is 1. The summed E-state index contributed by atoms with van der Waals surface area (Å²) in [6.07, 6.45) is -2.71. The van der Waals surface area contributed by atoms with Gasteiger partial charge >= 0.3 is 6.18 Å². The maximum Gasteiger partial charge on any atom is 0.401 e. The van der Waals surface area contributed by atoms with E-state index in [-0.39, 0.29) is 5.56 Å². The molecule has 0 spiro atoms. The molecule has 0 saturated carbocycles. The summed E-state index contributed by atoms with van der Waals surface area (Å²) in [6.45, 7) is -1.24. The molecule has 0 bridgehead atoms. The Morgan fingerprint density at radius 3 is 2.71 bits per heavy atom. The van der Waals surface area contributed by atoms with E-state index in [2.05, 4.69) is 20.6 Å². The van der Waals surface area contributed by atoms with Gasteiger partial charge in [0.2, 0.25) is 0 Å². The first-order valence-corrected chi connectivity index (χ1v) is 10.2. The van der Waals surface area contributed by atoms with Gasteiger partial charge in [0.15, 0.2) is 18.3 Å². The van der Waals surface area contributed by atoms with Crippen molar-refractivity contribution in [1.82, 2.24) is 14.9 Å². The van der Waals surface area contributed by atoms with Crippen molar-refractivity contribution in [3.63, 3.8) is 0 Å². The van der Waals surface area contributed by atoms with Gasteiger partial charge in [-0.3, -0.25) is 19.7 Å². The monoisotopic (exact) mass is 469 g/mol. The quantitative estimate of drug-likeness (QED) is 0.460. The second-order valence-electron chi connectivity index (χ2n) is 7.56. The molecule has 4 aromatic rings. The van der Waals surface area contributed by atoms with E-state index < -0.39 is 19.0 Å². The average molecular weight is 469 g/mol. The van der Waals surface area contributed by atoms with Crippen LogP contribution in [0, 0.1) is 0 Å². The van der Waals surface area contributed by atoms with Crippen molar-refractivity contribution in [1.29, 1.82) is 0 Å². The van der Waals surface area contributed by atoms with Crippen molar-refractivity contribution in [3.05, 3.63) is 70.8 Å². The second-order valence-corrected chi connectivity index (χ2v) is 7.56. The van der Waals surface area contributed by atoms with Crippen LogP contribution in [0.5, 0.6) is 5.75 Å². The molecule has 174 valence electrons. The van der Waals surface area contributed by atoms with Gasteiger partial charge in [0.25, 0.3) is 5.56 Å². The van der Waals surface area contributed by atoms with E-state index in [4.69, 9.17) is 9.15 Å². The van der Waals surface area contributed by atoms with E-state index in [0.717, 1.165) is 0 Å². The molecule has 2 aromatic carbocycles. The highest BCUT2D eigenvalue weighted by Gasteiger charge is 2.29. The van der Waals surface area contributed by atoms with Crippen molar-refractivity contribution < 1.29 is 22.3 Å². The first kappa shape index (κ1) is 21.7. The largest absolute Gasteiger partial charge is 0.497 e. The zero-order chi connectivity index (χ0) is 23.9. The van der Waals surface area contributed by atoms with Gasteiger partial charge in [-0.15, -0.1) is 0 Å². The highest BCUT2D eigenvalue weighted by Crippen LogP contribution is 2.28. The first-order valence-electron chi connectivity index (χ1n) is 10.2. The molecule has 0 aliphatic carbocycles. The lowest BCUT2D eigenvalue weighted by atomic mass is 10.0. The molecule has 2 N–H and O–H groups in total. The van der Waals surface area contributed by atoms with E-state index >= 15 is 0 Å². The molecule has 5 rings (SSSR count). The molecular formula is C23H18F3N5O3. The third-order valence-electron chi connectivity index (χ3n) is 5.34. The van der Waals surface area contributed by atoms with Crippen LogP contribution < -0.4 is 20.9 Å². The van der Waals surface area contributed by atoms with E-state index in [9.17, 15) is 18.0 Å². The molecule has 3 heterocycles. The number of anilines is 1. The number of aliphatic imine (C=N–C) groups is 1. The molecule has 8 nitrogen and oxygen atoms in total. The number of nitrogens with one attached hydrogen (secondary N) is 2. The topological polar surface area (TPSA) is 93.7 Å². The number of hydrogen-bond donors (Lipinski definition) is 2. The Balaban J connectivity index is 1.64. The number of rotatable bonds is 5. The minimum absolute atomic E-state index is 0.314. The lowest BCUT2D eigenvalue weighted by molar-refractivity contribution is -0.125. The van der Waals surface area contributed by atoms with Gasteiger partial charge in [0, 0.05) is 17.3 Å². The van der Waals surface area contributed by atoms with Gasteiger partial charge in [-0.25, -0.2) is 4.98 Å². The maximum atomic E-state index is 13.7. The Morgan fingerprint density at radius 1 is 1.18 bits per heavy atom. The van der Waals surface area contributed by atoms with Crippen LogP contribution in [0.3, 0.4) is 0 Å². The first-order chi connectivity index (χ1) is 16.3. The van der Waals surface area contributed by atoms with Gasteiger partial charge in [-0.2, -0.15) is 13.2 Å². The summed E-state index contributed by atoms with van der Waals surface area (Å²) in [5, 5.41) is 5.20. The van der Waals surface area contributed by atoms with Crippen LogP contribution in [0.25, 0.3) is 27.9 Å². The fraction of sp³-hybridized carbons (Fsp3) is 0.174. The molecule has 1 unspecified atom stereocenters. The lowest BCUT2D eigenvalue weighted by Crippen LogP contribution is -2.43. The summed E-state index contributed by atoms with van der Waals surface area (Å²) in [6, 6.07) is 13.6. The Labute approximate surface area is 190 Å². The van der Waals surface area contributed by atoms with Gasteiger partial charge in [-0.05, 0) is 48.0 Å². The van der Waals surface area contributed by atoms with Gasteiger partial charge in [0.1, 0.15) is 17.1 Å². The number of nitrogens with zero attached hydrogens (tertiary/aromatic N) is 3. The second kappa shape index (κ2) is 8.34. The Kier molecular flexibility index (Phi) is 5.33. The van der Waals surface area contributed by atoms with Crippen LogP contribution in [0.1, 0.15) is 5.56 Å². The molecule has 0 radical (unpaired) electrons. The molecule has 1 aliphatic rings. The molecule has 0 saturated heterocycles. The fourth-order valence-electron chi connectivity index (χ4n) is 3.73. The molecule has 1 aliphatic heterocycles. The number of halogens is 3. The Hall–Kier alpha value is -4.12. The van der Waals surface area contributed by atoms with E-state index in [0.29, 0.717) is 45.0 Å². The SMILES string of the molecule is COc1ccc(-n2c3c(cc(-c4ccc5ncoc5c4)c2=O)C=NC(NCC(F)(F)F)N3)cc1. The van der Waals surface area contributed by atoms with E-state index in [1.165, 1.54) is 24.3 Å². The number of hydrogen-bond acceptors (Lipinski definition) is 7. The van der Waals surface area contributed by atoms with Crippen molar-refractivity contribution in [2.45, 2.75) is 12.5 Å². The molecule has 0 fully saturated rings. The van der Waals surface area contributed by atoms with Gasteiger partial charge in [0.05, 0.1) is 19.3 Å². The summed E-state index contributed by atoms with van der Waals surface area (Å²) < 4.78 is 50.1. The van der Waals surface area contributed by atoms with E-state index in [1.807, 2.05) is 0 Å². The fourth-order valence-corrected chi connectivity index (χ4v) is 3.73. The average Bonchev–Trinajstić information content (AvgIpc) is 3.30. The predicted octanol–water partition coefficient (Wildman–Crippen LogP) is 3.93. The van der Waals surface area contributed by atoms with Crippen molar-refractivity contribution in [3.8, 4) is 22.6 Å². The molecule has 11 heteroatoms. The third-order valence-corrected chi connectivity index (χ3v) is 5.34. The van der Waals surface area contributed by atoms with Crippen LogP contribution >= 0.6 is 0 Å². The molecule has 34 heavy (non-hydrogen) atoms. The zero-order valence-electron chi connectivity index (χ0n) is 17.8. The van der Waals surface area contributed by atoms with Crippen molar-refractivity contribution in [2.75, 3.05) is 19.0 Å². The zero-order valence-corrected chi connectivity index (χ0v) is 17.8. The Morgan fingerprint density at radius 2 is 1.97 bits per heavy atom. The number of fused-ring (bicyclic) bond motifs is 2. The van der Waals surface area contributed by atoms with Crippen LogP contribution in [0.4, 0.5) is 19.0 Å². The maximum absolute atomic E-state index is 13.7. The number of ether oxygens (including phenoxy) is 1. The molecule has 2 aromatic heterocycles. The number of alkyl halides is 3. The summed E-state index contributed by atoms with van der Waals surface area (Å²) in [5.74, 6) is 0.908. The highest BCUT2D eigenvalue weighted by atomic mass is 19.4. The van der Waals surface area contributed by atoms with Crippen LogP contribution in [-0.4, -0.2) is 41.9 Å². The smallest absolute Gasteiger partial charge is 0.401 e. The minimum atomic E-state index is -4.41. The normalized spacial score (nSPS) is 15.2. The minimum Gasteiger partial charge on any atom is -0.497 e. The number of aromatic nitrogens is 2. The van der Waals surface area contributed by atoms with Gasteiger partial charge < -0.3 is 14.5 Å². The highest BCUT2D eigenvalue weighted by molar-refractivity contribution is 5.91. The number of benzene rings is 2. The summed E-state index contributed by atoms with van der Waals surface area (Å²) >= 11 is 0. The molecular weight excluding hydrogens is 451 g/mol. The van der Waals surface area contributed by atoms with Gasteiger partial charge in [-0.1, -0.05) is 6.07 Å². The van der Waals surface area contributed by atoms with Crippen molar-refractivity contribution in [2.24, 2.45) is 4.99 Å². The number of pyridine rings is 1. The standard InChI is InChI=1S/C23H18F3N5O3/c1-33-16-5-3-15(4-6-16)31-20-14(10-27-22(30-20)28-11-23(24,25)26)8-17(21(31)32)13-2-7-18-19(9-13)34-12-29-18/h2-10,12,22,28,30H,11H2,1H3. The summed E-state index contributed by atoms with van der Waals surface area (Å²) in [5.41, 5.74) is 2.80. The van der Waals surface area contributed by atoms with Crippen LogP contribution in [0.2, 0.25) is 0 Å². The summed E-state index contributed by atoms with van der Waals surface area (Å²) in [4.78, 5) is 21.9. The third kappa shape index (κ3) is 4.13.